The number of nitrogens with zero attached hydrogens (tertiary/aromatic N) is 7. The third-order valence-electron chi connectivity index (χ3n) is 20.4. The molecule has 1 amide bonds. The summed E-state index contributed by atoms with van der Waals surface area (Å²) in [6.45, 7) is 12.4. The van der Waals surface area contributed by atoms with Crippen molar-refractivity contribution in [2.24, 2.45) is 11.3 Å². The maximum Gasteiger partial charge on any atom is 0.344 e. The molecule has 6 aliphatic rings. The highest BCUT2D eigenvalue weighted by atomic mass is 35.5. The van der Waals surface area contributed by atoms with Crippen LogP contribution < -0.4 is 29.7 Å². The lowest BCUT2D eigenvalue weighted by Gasteiger charge is -2.63. The molecule has 1 saturated carbocycles. The van der Waals surface area contributed by atoms with Gasteiger partial charge in [-0.05, 0) is 119 Å². The Morgan fingerprint density at radius 1 is 0.907 bits per heavy atom. The minimum absolute atomic E-state index is 0.0284. The Morgan fingerprint density at radius 2 is 1.70 bits per heavy atom. The average Bonchev–Trinajstić information content (AvgIpc) is 1.51. The van der Waals surface area contributed by atoms with Gasteiger partial charge in [0.1, 0.15) is 35.3 Å². The molecule has 1 aliphatic carbocycles. The summed E-state index contributed by atoms with van der Waals surface area (Å²) in [4.78, 5) is 76.4. The first kappa shape index (κ1) is 67.7. The molecule has 4 N–H and O–H groups in total. The standard InChI is InChI=1S/C45H54N4O8.C30H29ClN6O3/c1-8-27-19-28-22-44(40(51)55-6,36-30(25-48(23-27)24-28)29-13-10-11-14-33(29)46-36)32-20-31-34(21-35(32)54-5)47(4)38-43(31)16-18-49-17-12-15-42(9-2,37(43)49)39(57-26(3)50)45(38,53)41(52)56-7;1-4-39-28-16-25-23(15-26(28)36-29(38)9-7-13-37(2)3)30(20(17-32)18-34-25)35-21-10-11-27(24(31)14-21)40-19-22-8-5-6-12-33-22/h10-15,19-21,28,37-39,46,53H,8-9,16-18,22-25H2,1-7H3;5-12,14-16,18H,4,13,19H2,1-3H3,(H,34,35)(H,36,38)/b;9-7+/t28-,37-,38+,39+,42+,43+,44-,45-;/m0./s1. The van der Waals surface area contributed by atoms with Crippen LogP contribution in [0.2, 0.25) is 5.02 Å². The van der Waals surface area contributed by atoms with Gasteiger partial charge in [0.25, 0.3) is 0 Å². The zero-order chi connectivity index (χ0) is 68.7. The van der Waals surface area contributed by atoms with Crippen LogP contribution in [0.15, 0.2) is 133 Å². The van der Waals surface area contributed by atoms with Crippen LogP contribution >= 0.6 is 11.6 Å². The van der Waals surface area contributed by atoms with Crippen LogP contribution in [0, 0.1) is 22.7 Å². The zero-order valence-electron chi connectivity index (χ0n) is 56.5. The maximum absolute atomic E-state index is 15.2. The van der Waals surface area contributed by atoms with E-state index in [-0.39, 0.29) is 30.4 Å². The van der Waals surface area contributed by atoms with Crippen molar-refractivity contribution in [2.45, 2.75) is 101 Å². The van der Waals surface area contributed by atoms with Crippen LogP contribution in [0.4, 0.5) is 22.7 Å². The summed E-state index contributed by atoms with van der Waals surface area (Å²) in [7, 11) is 10.1. The minimum atomic E-state index is -2.27. The summed E-state index contributed by atoms with van der Waals surface area (Å²) in [5.74, 6) is -0.625. The van der Waals surface area contributed by atoms with E-state index in [1.807, 2.05) is 81.2 Å². The lowest BCUT2D eigenvalue weighted by molar-refractivity contribution is -0.228. The van der Waals surface area contributed by atoms with Gasteiger partial charge < -0.3 is 58.9 Å². The van der Waals surface area contributed by atoms with Crippen LogP contribution in [0.1, 0.15) is 87.0 Å². The van der Waals surface area contributed by atoms with Crippen LogP contribution in [-0.2, 0) is 57.4 Å². The van der Waals surface area contributed by atoms with Gasteiger partial charge in [0.05, 0.1) is 67.1 Å². The van der Waals surface area contributed by atoms with E-state index in [4.69, 9.17) is 40.0 Å². The highest BCUT2D eigenvalue weighted by Gasteiger charge is 2.80. The number of esters is 3. The molecule has 1 unspecified atom stereocenters. The Labute approximate surface area is 569 Å². The van der Waals surface area contributed by atoms with Crippen molar-refractivity contribution in [3.05, 3.63) is 172 Å². The third kappa shape index (κ3) is 11.7. The fraction of sp³-hybridized carbons (Fsp3) is 0.400. The van der Waals surface area contributed by atoms with E-state index in [1.165, 1.54) is 39.0 Å². The second kappa shape index (κ2) is 27.3. The number of aromatic nitrogens is 3. The van der Waals surface area contributed by atoms with E-state index in [1.54, 1.807) is 49.7 Å². The number of carbonyl (C=O) groups is 4. The summed E-state index contributed by atoms with van der Waals surface area (Å²) in [5.41, 5.74) is 4.37. The van der Waals surface area contributed by atoms with E-state index >= 15 is 4.79 Å². The summed E-state index contributed by atoms with van der Waals surface area (Å²) < 4.78 is 35.5. The lowest BCUT2D eigenvalue weighted by Crippen LogP contribution is -2.81. The molecule has 1 spiro atoms. The predicted octanol–water partition coefficient (Wildman–Crippen LogP) is 10.7. The van der Waals surface area contributed by atoms with Crippen LogP contribution in [-0.4, -0.2) is 164 Å². The van der Waals surface area contributed by atoms with Gasteiger partial charge >= 0.3 is 17.9 Å². The van der Waals surface area contributed by atoms with Crippen molar-refractivity contribution in [2.75, 3.05) is 97.3 Å². The number of anilines is 4. The molecule has 21 nitrogen and oxygen atoms in total. The van der Waals surface area contributed by atoms with E-state index in [0.717, 1.165) is 58.6 Å². The number of rotatable bonds is 18. The molecular weight excluding hydrogens is 1250 g/mol. The predicted molar refractivity (Wildman–Crippen MR) is 371 cm³/mol. The molecule has 97 heavy (non-hydrogen) atoms. The van der Waals surface area contributed by atoms with E-state index in [2.05, 4.69) is 84.8 Å². The maximum atomic E-state index is 15.2. The van der Waals surface area contributed by atoms with Crippen molar-refractivity contribution in [3.63, 3.8) is 0 Å². The fourth-order valence-corrected chi connectivity index (χ4v) is 16.9. The molecule has 2 fully saturated rings. The molecule has 7 aromatic rings. The Morgan fingerprint density at radius 3 is 2.40 bits per heavy atom. The number of likely N-dealkylation sites (N-methyl/N-ethyl adjacent to an activating group) is 2. The summed E-state index contributed by atoms with van der Waals surface area (Å²) in [6, 6.07) is 27.7. The van der Waals surface area contributed by atoms with Crippen LogP contribution in [0.3, 0.4) is 0 Å². The molecule has 1 saturated heterocycles. The van der Waals surface area contributed by atoms with Gasteiger partial charge in [-0.2, -0.15) is 5.26 Å². The number of amides is 1. The zero-order valence-corrected chi connectivity index (χ0v) is 57.2. The molecule has 13 rings (SSSR count). The summed E-state index contributed by atoms with van der Waals surface area (Å²) >= 11 is 6.52. The monoisotopic (exact) mass is 1330 g/mol. The Bertz CT molecular complexity index is 4360. The van der Waals surface area contributed by atoms with Gasteiger partial charge in [0.2, 0.25) is 11.5 Å². The number of H-pyrrole nitrogens is 1. The Hall–Kier alpha value is -9.30. The first-order valence-electron chi connectivity index (χ1n) is 32.9. The molecule has 5 aliphatic heterocycles. The number of aromatic amines is 1. The number of methoxy groups -OCH3 is 3. The van der Waals surface area contributed by atoms with E-state index in [0.29, 0.717) is 113 Å². The molecule has 9 atom stereocenters. The topological polar surface area (TPSA) is 246 Å². The average molecular weight is 1340 g/mol. The van der Waals surface area contributed by atoms with E-state index < -0.39 is 45.9 Å². The summed E-state index contributed by atoms with van der Waals surface area (Å²) in [6.07, 6.45) is 14.1. The number of hydrogen-bond acceptors (Lipinski definition) is 19. The largest absolute Gasteiger partial charge is 0.496 e. The molecule has 22 heteroatoms. The van der Waals surface area contributed by atoms with Gasteiger partial charge in [-0.3, -0.25) is 34.2 Å². The highest BCUT2D eigenvalue weighted by Crippen LogP contribution is 2.68. The number of ether oxygens (including phenoxy) is 6. The number of fused-ring (bicyclic) bond motifs is 7. The quantitative estimate of drug-likeness (QED) is 0.0270. The number of halogens is 1. The van der Waals surface area contributed by atoms with E-state index in [9.17, 15) is 24.8 Å². The molecule has 2 bridgehead atoms. The lowest BCUT2D eigenvalue weighted by atomic mass is 9.47. The number of carbonyl (C=O) groups excluding carboxylic acids is 4. The second-order valence-corrected chi connectivity index (χ2v) is 26.6. The van der Waals surface area contributed by atoms with Crippen molar-refractivity contribution in [1.82, 2.24) is 29.7 Å². The number of pyridine rings is 2. The van der Waals surface area contributed by atoms with Crippen molar-refractivity contribution >= 4 is 80.0 Å². The third-order valence-corrected chi connectivity index (χ3v) is 20.7. The second-order valence-electron chi connectivity index (χ2n) is 26.2. The molecule has 0 radical (unpaired) electrons. The number of para-hydroxylation sites is 1. The SMILES string of the molecule is CCC1=C[C@@H]2CN(C1)Cc1c([nH]c3ccccc13)[C@@](C(=O)OC)(c1cc3c(cc1OC)N(C)[C@H]1[C@@](O)(C(=O)OC)[C@H](OC(C)=O)[C@]4(CC)C=CCN5CC[C@]31[C@@H]54)C2.CCOc1cc2ncc(C#N)c(Nc3ccc(OCc4ccccn4)c(Cl)c3)c2cc1NC(=O)/C=C/CN(C)C. The van der Waals surface area contributed by atoms with Crippen LogP contribution in [0.25, 0.3) is 21.8 Å². The molecule has 3 aromatic heterocycles. The van der Waals surface area contributed by atoms with Gasteiger partial charge in [-0.1, -0.05) is 79.6 Å². The smallest absolute Gasteiger partial charge is 0.344 e. The number of nitriles is 1. The molecule has 4 aromatic carbocycles. The molecule has 506 valence electrons. The Kier molecular flexibility index (Phi) is 19.1. The summed E-state index contributed by atoms with van der Waals surface area (Å²) in [5, 5.41) is 31.4. The number of aliphatic hydroxyl groups is 1. The first-order valence-corrected chi connectivity index (χ1v) is 33.3. The van der Waals surface area contributed by atoms with Gasteiger partial charge in [0.15, 0.2) is 6.10 Å². The van der Waals surface area contributed by atoms with Crippen molar-refractivity contribution in [3.8, 4) is 23.3 Å². The van der Waals surface area contributed by atoms with Crippen LogP contribution in [0.5, 0.6) is 17.2 Å². The normalized spacial score (nSPS) is 25.1. The number of hydrogen-bond donors (Lipinski definition) is 4. The Balaban J connectivity index is 0.000000198. The fourth-order valence-electron chi connectivity index (χ4n) is 16.7. The molecule has 8 heterocycles. The van der Waals surface area contributed by atoms with Gasteiger partial charge in [-0.15, -0.1) is 0 Å². The highest BCUT2D eigenvalue weighted by molar-refractivity contribution is 6.32. The van der Waals surface area contributed by atoms with Crippen molar-refractivity contribution in [1.29, 1.82) is 5.26 Å². The number of benzene rings is 4. The van der Waals surface area contributed by atoms with Gasteiger partial charge in [-0.25, -0.2) is 4.79 Å². The number of nitrogens with one attached hydrogen (secondary N) is 3. The minimum Gasteiger partial charge on any atom is -0.496 e. The molecular formula is C75H83ClN10O11. The first-order chi connectivity index (χ1) is 46.8. The van der Waals surface area contributed by atoms with Gasteiger partial charge in [0, 0.05) is 133 Å². The van der Waals surface area contributed by atoms with Crippen molar-refractivity contribution < 1.29 is 52.7 Å².